The summed E-state index contributed by atoms with van der Waals surface area (Å²) in [5.74, 6) is 0.592. The molecule has 1 atom stereocenters. The molecule has 1 amide bonds. The van der Waals surface area contributed by atoms with E-state index in [2.05, 4.69) is 15.3 Å². The van der Waals surface area contributed by atoms with Crippen LogP contribution in [-0.2, 0) is 4.79 Å². The van der Waals surface area contributed by atoms with Crippen LogP contribution in [0, 0.1) is 0 Å². The number of nitrogens with zero attached hydrogens (tertiary/aromatic N) is 1. The molecule has 0 saturated heterocycles. The number of thioether (sulfide) groups is 1. The molecule has 2 aromatic rings. The molecule has 0 spiro atoms. The van der Waals surface area contributed by atoms with Crippen LogP contribution in [-0.4, -0.2) is 27.7 Å². The smallest absolute Gasteiger partial charge is 0.251 e. The SMILES string of the molecule is CCOc1ccc(NC(=O)[C@H](C)Sc2nccc(=O)[nH]2)cc1. The summed E-state index contributed by atoms with van der Waals surface area (Å²) >= 11 is 1.19. The van der Waals surface area contributed by atoms with E-state index < -0.39 is 5.25 Å². The number of benzene rings is 1. The van der Waals surface area contributed by atoms with Gasteiger partial charge in [-0.1, -0.05) is 11.8 Å². The zero-order valence-corrected chi connectivity index (χ0v) is 13.1. The number of ether oxygens (including phenoxy) is 1. The predicted molar refractivity (Wildman–Crippen MR) is 86.4 cm³/mol. The molecule has 0 aliphatic heterocycles. The van der Waals surface area contributed by atoms with Gasteiger partial charge in [0.25, 0.3) is 5.56 Å². The summed E-state index contributed by atoms with van der Waals surface area (Å²) in [7, 11) is 0. The molecule has 2 N–H and O–H groups in total. The van der Waals surface area contributed by atoms with Crippen molar-refractivity contribution in [3.8, 4) is 5.75 Å². The maximum atomic E-state index is 12.1. The Labute approximate surface area is 132 Å². The van der Waals surface area contributed by atoms with Crippen molar-refractivity contribution < 1.29 is 9.53 Å². The number of rotatable bonds is 6. The standard InChI is InChI=1S/C15H17N3O3S/c1-3-21-12-6-4-11(5-7-12)17-14(20)10(2)22-15-16-9-8-13(19)18-15/h4-10H,3H2,1-2H3,(H,17,20)(H,16,18,19)/t10-/m0/s1. The molecule has 6 nitrogen and oxygen atoms in total. The number of anilines is 1. The van der Waals surface area contributed by atoms with E-state index in [9.17, 15) is 9.59 Å². The first-order valence-corrected chi connectivity index (χ1v) is 7.72. The Kier molecular flexibility index (Phi) is 5.60. The Hall–Kier alpha value is -2.28. The average Bonchev–Trinajstić information content (AvgIpc) is 2.49. The summed E-state index contributed by atoms with van der Waals surface area (Å²) in [6.07, 6.45) is 1.41. The minimum Gasteiger partial charge on any atom is -0.494 e. The van der Waals surface area contributed by atoms with Crippen LogP contribution in [0.15, 0.2) is 46.5 Å². The number of aromatic amines is 1. The minimum absolute atomic E-state index is 0.166. The molecule has 0 aliphatic rings. The Morgan fingerprint density at radius 3 is 2.73 bits per heavy atom. The fourth-order valence-electron chi connectivity index (χ4n) is 1.68. The Morgan fingerprint density at radius 2 is 2.09 bits per heavy atom. The maximum absolute atomic E-state index is 12.1. The highest BCUT2D eigenvalue weighted by Crippen LogP contribution is 2.20. The van der Waals surface area contributed by atoms with Crippen molar-refractivity contribution in [2.45, 2.75) is 24.3 Å². The topological polar surface area (TPSA) is 84.1 Å². The van der Waals surface area contributed by atoms with Gasteiger partial charge >= 0.3 is 0 Å². The summed E-state index contributed by atoms with van der Waals surface area (Å²) in [4.78, 5) is 29.9. The van der Waals surface area contributed by atoms with Crippen molar-refractivity contribution in [2.24, 2.45) is 0 Å². The van der Waals surface area contributed by atoms with Crippen LogP contribution in [0.4, 0.5) is 5.69 Å². The van der Waals surface area contributed by atoms with Crippen LogP contribution in [0.25, 0.3) is 0 Å². The van der Waals surface area contributed by atoms with Gasteiger partial charge in [-0.3, -0.25) is 9.59 Å². The first-order valence-electron chi connectivity index (χ1n) is 6.84. The lowest BCUT2D eigenvalue weighted by atomic mass is 10.3. The molecular weight excluding hydrogens is 302 g/mol. The zero-order valence-electron chi connectivity index (χ0n) is 12.3. The lowest BCUT2D eigenvalue weighted by molar-refractivity contribution is -0.115. The molecule has 22 heavy (non-hydrogen) atoms. The number of carbonyl (C=O) groups is 1. The van der Waals surface area contributed by atoms with E-state index in [1.54, 1.807) is 31.2 Å². The molecule has 0 radical (unpaired) electrons. The first kappa shape index (κ1) is 16.1. The fraction of sp³-hybridized carbons (Fsp3) is 0.267. The van der Waals surface area contributed by atoms with Gasteiger partial charge in [-0.05, 0) is 38.1 Å². The Balaban J connectivity index is 1.94. The predicted octanol–water partition coefficient (Wildman–Crippen LogP) is 2.29. The second kappa shape index (κ2) is 7.65. The molecule has 0 bridgehead atoms. The summed E-state index contributed by atoms with van der Waals surface area (Å²) in [6.45, 7) is 4.26. The number of H-pyrrole nitrogens is 1. The van der Waals surface area contributed by atoms with Crippen LogP contribution in [0.2, 0.25) is 0 Å². The van der Waals surface area contributed by atoms with Crippen LogP contribution in [0.3, 0.4) is 0 Å². The quantitative estimate of drug-likeness (QED) is 0.630. The summed E-state index contributed by atoms with van der Waals surface area (Å²) < 4.78 is 5.34. The molecule has 1 aromatic heterocycles. The largest absolute Gasteiger partial charge is 0.494 e. The molecule has 116 valence electrons. The lowest BCUT2D eigenvalue weighted by Gasteiger charge is -2.11. The van der Waals surface area contributed by atoms with Crippen molar-refractivity contribution in [2.75, 3.05) is 11.9 Å². The highest BCUT2D eigenvalue weighted by Gasteiger charge is 2.15. The highest BCUT2D eigenvalue weighted by molar-refractivity contribution is 8.00. The van der Waals surface area contributed by atoms with Gasteiger partial charge in [-0.2, -0.15) is 0 Å². The van der Waals surface area contributed by atoms with E-state index in [4.69, 9.17) is 4.74 Å². The summed E-state index contributed by atoms with van der Waals surface area (Å²) in [6, 6.07) is 8.49. The zero-order chi connectivity index (χ0) is 15.9. The minimum atomic E-state index is -0.392. The number of hydrogen-bond acceptors (Lipinski definition) is 5. The molecule has 2 rings (SSSR count). The monoisotopic (exact) mass is 319 g/mol. The summed E-state index contributed by atoms with van der Waals surface area (Å²) in [5, 5.41) is 2.84. The van der Waals surface area contributed by atoms with E-state index in [0.717, 1.165) is 5.75 Å². The van der Waals surface area contributed by atoms with Gasteiger partial charge in [0.1, 0.15) is 5.75 Å². The number of nitrogens with one attached hydrogen (secondary N) is 2. The van der Waals surface area contributed by atoms with Crippen molar-refractivity contribution >= 4 is 23.4 Å². The molecule has 0 unspecified atom stereocenters. The molecule has 1 aromatic carbocycles. The van der Waals surface area contributed by atoms with E-state index in [1.807, 2.05) is 6.92 Å². The second-order valence-electron chi connectivity index (χ2n) is 4.45. The third-order valence-corrected chi connectivity index (χ3v) is 3.74. The normalized spacial score (nSPS) is 11.7. The fourth-order valence-corrected chi connectivity index (χ4v) is 2.46. The van der Waals surface area contributed by atoms with Crippen molar-refractivity contribution in [1.82, 2.24) is 9.97 Å². The number of amides is 1. The average molecular weight is 319 g/mol. The van der Waals surface area contributed by atoms with Crippen LogP contribution < -0.4 is 15.6 Å². The van der Waals surface area contributed by atoms with Gasteiger partial charge < -0.3 is 15.0 Å². The third-order valence-electron chi connectivity index (χ3n) is 2.74. The molecule has 0 fully saturated rings. The molecular formula is C15H17N3O3S. The first-order chi connectivity index (χ1) is 10.6. The molecule has 1 heterocycles. The van der Waals surface area contributed by atoms with Gasteiger partial charge in [-0.15, -0.1) is 0 Å². The molecule has 7 heteroatoms. The number of hydrogen-bond donors (Lipinski definition) is 2. The maximum Gasteiger partial charge on any atom is 0.251 e. The van der Waals surface area contributed by atoms with Gasteiger partial charge in [0.05, 0.1) is 11.9 Å². The van der Waals surface area contributed by atoms with E-state index >= 15 is 0 Å². The van der Waals surface area contributed by atoms with Gasteiger partial charge in [-0.25, -0.2) is 4.98 Å². The molecule has 0 saturated carbocycles. The van der Waals surface area contributed by atoms with Crippen LogP contribution in [0.1, 0.15) is 13.8 Å². The van der Waals surface area contributed by atoms with Crippen molar-refractivity contribution in [3.05, 3.63) is 46.9 Å². The van der Waals surface area contributed by atoms with Gasteiger partial charge in [0.15, 0.2) is 5.16 Å². The van der Waals surface area contributed by atoms with Crippen LogP contribution >= 0.6 is 11.8 Å². The van der Waals surface area contributed by atoms with E-state index in [0.29, 0.717) is 17.5 Å². The van der Waals surface area contributed by atoms with Crippen molar-refractivity contribution in [1.29, 1.82) is 0 Å². The Morgan fingerprint density at radius 1 is 1.36 bits per heavy atom. The highest BCUT2D eigenvalue weighted by atomic mass is 32.2. The summed E-state index contributed by atoms with van der Waals surface area (Å²) in [5.41, 5.74) is 0.451. The van der Waals surface area contributed by atoms with Gasteiger partial charge in [0, 0.05) is 18.0 Å². The van der Waals surface area contributed by atoms with E-state index in [1.165, 1.54) is 24.0 Å². The third kappa shape index (κ3) is 4.63. The number of carbonyl (C=O) groups excluding carboxylic acids is 1. The lowest BCUT2D eigenvalue weighted by Crippen LogP contribution is -2.23. The molecule has 0 aliphatic carbocycles. The second-order valence-corrected chi connectivity index (χ2v) is 5.78. The Bertz CT molecular complexity index is 685. The van der Waals surface area contributed by atoms with Crippen LogP contribution in [0.5, 0.6) is 5.75 Å². The van der Waals surface area contributed by atoms with Crippen molar-refractivity contribution in [3.63, 3.8) is 0 Å². The van der Waals surface area contributed by atoms with Gasteiger partial charge in [0.2, 0.25) is 5.91 Å². The number of aromatic nitrogens is 2. The van der Waals surface area contributed by atoms with E-state index in [-0.39, 0.29) is 11.5 Å².